The van der Waals surface area contributed by atoms with Crippen LogP contribution in [0.25, 0.3) is 0 Å². The van der Waals surface area contributed by atoms with Crippen molar-refractivity contribution in [1.82, 2.24) is 9.80 Å². The second kappa shape index (κ2) is 6.44. The molecule has 17 heavy (non-hydrogen) atoms. The molecule has 0 atom stereocenters. The lowest BCUT2D eigenvalue weighted by Crippen LogP contribution is -2.50. The number of hydrogen-bond acceptors (Lipinski definition) is 4. The van der Waals surface area contributed by atoms with Crippen LogP contribution in [0.4, 0.5) is 0 Å². The number of amidine groups is 1. The van der Waals surface area contributed by atoms with E-state index < -0.39 is 0 Å². The van der Waals surface area contributed by atoms with Gasteiger partial charge in [-0.05, 0) is 5.92 Å². The summed E-state index contributed by atoms with van der Waals surface area (Å²) in [5, 5.41) is 11.4. The number of nitrogens with two attached hydrogens (primary N) is 1. The molecule has 1 amide bonds. The number of hydrogen-bond donors (Lipinski definition) is 2. The number of amides is 1. The van der Waals surface area contributed by atoms with E-state index in [9.17, 15) is 4.79 Å². The summed E-state index contributed by atoms with van der Waals surface area (Å²) in [5.74, 6) is 0.841. The van der Waals surface area contributed by atoms with Gasteiger partial charge in [-0.15, -0.1) is 0 Å². The average Bonchev–Trinajstić information content (AvgIpc) is 2.28. The number of rotatable bonds is 4. The topological polar surface area (TPSA) is 82.2 Å². The Bertz CT molecular complexity index is 283. The molecule has 1 aliphatic heterocycles. The van der Waals surface area contributed by atoms with Crippen LogP contribution < -0.4 is 5.73 Å². The molecule has 98 valence electrons. The monoisotopic (exact) mass is 242 g/mol. The fraction of sp³-hybridized carbons (Fsp3) is 0.818. The van der Waals surface area contributed by atoms with Gasteiger partial charge in [0.15, 0.2) is 5.84 Å². The van der Waals surface area contributed by atoms with Gasteiger partial charge in [0, 0.05) is 32.6 Å². The largest absolute Gasteiger partial charge is 0.409 e. The summed E-state index contributed by atoms with van der Waals surface area (Å²) in [6.07, 6.45) is 0.611. The minimum atomic E-state index is 0.215. The van der Waals surface area contributed by atoms with E-state index in [-0.39, 0.29) is 11.7 Å². The van der Waals surface area contributed by atoms with Crippen LogP contribution in [0, 0.1) is 5.92 Å². The van der Waals surface area contributed by atoms with Crippen LogP contribution in [0.2, 0.25) is 0 Å². The quantitative estimate of drug-likeness (QED) is 0.313. The van der Waals surface area contributed by atoms with Crippen LogP contribution in [0.15, 0.2) is 5.16 Å². The fourth-order valence-electron chi connectivity index (χ4n) is 1.89. The molecule has 0 bridgehead atoms. The van der Waals surface area contributed by atoms with Crippen molar-refractivity contribution >= 4 is 11.7 Å². The Labute approximate surface area is 102 Å². The van der Waals surface area contributed by atoms with Crippen LogP contribution in [0.5, 0.6) is 0 Å². The molecular formula is C11H22N4O2. The number of carbonyl (C=O) groups is 1. The molecule has 1 saturated heterocycles. The second-order valence-corrected chi connectivity index (χ2v) is 4.85. The summed E-state index contributed by atoms with van der Waals surface area (Å²) < 4.78 is 0. The highest BCUT2D eigenvalue weighted by atomic mass is 16.4. The zero-order valence-electron chi connectivity index (χ0n) is 10.6. The van der Waals surface area contributed by atoms with Gasteiger partial charge in [0.2, 0.25) is 5.91 Å². The van der Waals surface area contributed by atoms with E-state index >= 15 is 0 Å². The molecule has 0 aromatic heterocycles. The second-order valence-electron chi connectivity index (χ2n) is 4.85. The smallest absolute Gasteiger partial charge is 0.222 e. The lowest BCUT2D eigenvalue weighted by Gasteiger charge is -2.34. The molecule has 0 aromatic rings. The van der Waals surface area contributed by atoms with Crippen molar-refractivity contribution in [3.05, 3.63) is 0 Å². The fourth-order valence-corrected chi connectivity index (χ4v) is 1.89. The van der Waals surface area contributed by atoms with Crippen molar-refractivity contribution in [3.63, 3.8) is 0 Å². The maximum Gasteiger partial charge on any atom is 0.222 e. The molecule has 1 aliphatic rings. The third-order valence-electron chi connectivity index (χ3n) is 2.82. The Morgan fingerprint density at radius 1 is 1.35 bits per heavy atom. The summed E-state index contributed by atoms with van der Waals surface area (Å²) >= 11 is 0. The maximum absolute atomic E-state index is 11.8. The zero-order chi connectivity index (χ0) is 12.8. The molecule has 0 unspecified atom stereocenters. The molecule has 1 fully saturated rings. The molecule has 0 aromatic carbocycles. The first-order valence-electron chi connectivity index (χ1n) is 5.99. The molecule has 0 spiro atoms. The molecule has 1 heterocycles. The Kier molecular flexibility index (Phi) is 5.21. The van der Waals surface area contributed by atoms with Crippen LogP contribution in [0.3, 0.4) is 0 Å². The lowest BCUT2D eigenvalue weighted by atomic mass is 10.1. The Morgan fingerprint density at radius 2 is 1.94 bits per heavy atom. The van der Waals surface area contributed by atoms with Crippen LogP contribution in [0.1, 0.15) is 20.3 Å². The van der Waals surface area contributed by atoms with Crippen molar-refractivity contribution < 1.29 is 10.0 Å². The van der Waals surface area contributed by atoms with Crippen LogP contribution in [-0.4, -0.2) is 59.5 Å². The van der Waals surface area contributed by atoms with Crippen molar-refractivity contribution in [3.8, 4) is 0 Å². The van der Waals surface area contributed by atoms with Crippen LogP contribution >= 0.6 is 0 Å². The molecule has 1 rings (SSSR count). The third kappa shape index (κ3) is 4.60. The van der Waals surface area contributed by atoms with Gasteiger partial charge in [-0.3, -0.25) is 9.69 Å². The Balaban J connectivity index is 2.33. The maximum atomic E-state index is 11.8. The van der Waals surface area contributed by atoms with E-state index in [0.29, 0.717) is 18.9 Å². The van der Waals surface area contributed by atoms with Gasteiger partial charge < -0.3 is 15.8 Å². The van der Waals surface area contributed by atoms with Gasteiger partial charge >= 0.3 is 0 Å². The normalized spacial score (nSPS) is 18.8. The number of nitrogens with zero attached hydrogens (tertiary/aromatic N) is 3. The highest BCUT2D eigenvalue weighted by molar-refractivity contribution is 5.81. The SMILES string of the molecule is CC(C)CC(=O)N1CCN(C/C(N)=N/O)CC1. The Hall–Kier alpha value is -1.30. The van der Waals surface area contributed by atoms with E-state index in [1.54, 1.807) is 0 Å². The first-order valence-corrected chi connectivity index (χ1v) is 5.99. The van der Waals surface area contributed by atoms with Crippen molar-refractivity contribution in [2.75, 3.05) is 32.7 Å². The number of oxime groups is 1. The van der Waals surface area contributed by atoms with E-state index in [1.165, 1.54) is 0 Å². The minimum Gasteiger partial charge on any atom is -0.409 e. The predicted molar refractivity (Wildman–Crippen MR) is 65.9 cm³/mol. The number of carbonyl (C=O) groups excluding carboxylic acids is 1. The molecule has 0 aliphatic carbocycles. The Morgan fingerprint density at radius 3 is 2.41 bits per heavy atom. The predicted octanol–water partition coefficient (Wildman–Crippen LogP) is -0.0769. The van der Waals surface area contributed by atoms with Gasteiger partial charge in [0.1, 0.15) is 0 Å². The average molecular weight is 242 g/mol. The molecule has 6 heteroatoms. The summed E-state index contributed by atoms with van der Waals surface area (Å²) in [5.41, 5.74) is 5.44. The number of piperazine rings is 1. The van der Waals surface area contributed by atoms with E-state index in [1.807, 2.05) is 18.7 Å². The first-order chi connectivity index (χ1) is 8.02. The van der Waals surface area contributed by atoms with Gasteiger partial charge in [-0.1, -0.05) is 19.0 Å². The molecule has 6 nitrogen and oxygen atoms in total. The van der Waals surface area contributed by atoms with Crippen LogP contribution in [-0.2, 0) is 4.79 Å². The van der Waals surface area contributed by atoms with Crippen molar-refractivity contribution in [1.29, 1.82) is 0 Å². The lowest BCUT2D eigenvalue weighted by molar-refractivity contribution is -0.133. The van der Waals surface area contributed by atoms with Crippen molar-refractivity contribution in [2.45, 2.75) is 20.3 Å². The summed E-state index contributed by atoms with van der Waals surface area (Å²) in [6.45, 7) is 7.57. The molecule has 0 radical (unpaired) electrons. The van der Waals surface area contributed by atoms with Gasteiger partial charge in [-0.25, -0.2) is 0 Å². The third-order valence-corrected chi connectivity index (χ3v) is 2.82. The summed E-state index contributed by atoms with van der Waals surface area (Å²) in [6, 6.07) is 0. The highest BCUT2D eigenvalue weighted by Crippen LogP contribution is 2.07. The van der Waals surface area contributed by atoms with Gasteiger partial charge in [0.25, 0.3) is 0 Å². The van der Waals surface area contributed by atoms with Gasteiger partial charge in [0.05, 0.1) is 6.54 Å². The van der Waals surface area contributed by atoms with E-state index in [2.05, 4.69) is 10.1 Å². The van der Waals surface area contributed by atoms with E-state index in [4.69, 9.17) is 10.9 Å². The van der Waals surface area contributed by atoms with Gasteiger partial charge in [-0.2, -0.15) is 0 Å². The minimum absolute atomic E-state index is 0.215. The molecule has 3 N–H and O–H groups in total. The molecule has 0 saturated carbocycles. The van der Waals surface area contributed by atoms with E-state index in [0.717, 1.165) is 26.2 Å². The first kappa shape index (κ1) is 13.8. The highest BCUT2D eigenvalue weighted by Gasteiger charge is 2.21. The zero-order valence-corrected chi connectivity index (χ0v) is 10.6. The molecular weight excluding hydrogens is 220 g/mol. The summed E-state index contributed by atoms with van der Waals surface area (Å²) in [4.78, 5) is 15.8. The van der Waals surface area contributed by atoms with Crippen molar-refractivity contribution in [2.24, 2.45) is 16.8 Å². The summed E-state index contributed by atoms with van der Waals surface area (Å²) in [7, 11) is 0. The standard InChI is InChI=1S/C11H22N4O2/c1-9(2)7-11(16)15-5-3-14(4-6-15)8-10(12)13-17/h9,17H,3-8H2,1-2H3,(H2,12,13).